The first kappa shape index (κ1) is 19.5. The molecule has 36 heavy (non-hydrogen) atoms. The Bertz CT molecular complexity index is 1890. The SMILES string of the molecule is c1ccc2c(c1)Oc1ccccc1B2c1ccc(-c2nc3cc4oc5ccccc5c4cc3o2)cc1. The lowest BCUT2D eigenvalue weighted by Gasteiger charge is -2.26. The summed E-state index contributed by atoms with van der Waals surface area (Å²) in [6, 6.07) is 37.0. The Balaban J connectivity index is 1.21. The van der Waals surface area contributed by atoms with Crippen molar-refractivity contribution in [1.29, 1.82) is 0 Å². The van der Waals surface area contributed by atoms with Crippen LogP contribution in [0.15, 0.2) is 118 Å². The largest absolute Gasteiger partial charge is 0.458 e. The molecule has 1 aliphatic heterocycles. The highest BCUT2D eigenvalue weighted by Gasteiger charge is 2.31. The van der Waals surface area contributed by atoms with Crippen LogP contribution in [0.3, 0.4) is 0 Å². The van der Waals surface area contributed by atoms with Gasteiger partial charge in [0.15, 0.2) is 5.58 Å². The maximum absolute atomic E-state index is 6.21. The topological polar surface area (TPSA) is 48.4 Å². The highest BCUT2D eigenvalue weighted by atomic mass is 16.5. The molecule has 0 amide bonds. The van der Waals surface area contributed by atoms with E-state index in [1.807, 2.05) is 54.6 Å². The third kappa shape index (κ3) is 2.86. The molecule has 1 aliphatic rings. The van der Waals surface area contributed by atoms with E-state index in [1.165, 1.54) is 16.4 Å². The zero-order valence-electron chi connectivity index (χ0n) is 19.1. The predicted octanol–water partition coefficient (Wildman–Crippen LogP) is 6.02. The number of ether oxygens (including phenoxy) is 1. The molecule has 5 aromatic carbocycles. The molecule has 8 rings (SSSR count). The molecule has 0 unspecified atom stereocenters. The summed E-state index contributed by atoms with van der Waals surface area (Å²) in [6.07, 6.45) is 0. The number of aromatic nitrogens is 1. The van der Waals surface area contributed by atoms with Gasteiger partial charge in [-0.05, 0) is 35.2 Å². The number of hydrogen-bond acceptors (Lipinski definition) is 4. The Morgan fingerprint density at radius 2 is 1.25 bits per heavy atom. The Morgan fingerprint density at radius 3 is 2.03 bits per heavy atom. The van der Waals surface area contributed by atoms with Crippen molar-refractivity contribution in [2.24, 2.45) is 0 Å². The molecular formula is C31H18BNO3. The minimum absolute atomic E-state index is 0.101. The summed E-state index contributed by atoms with van der Waals surface area (Å²) in [5.41, 5.74) is 7.68. The van der Waals surface area contributed by atoms with Crippen LogP contribution in [0, 0.1) is 0 Å². The molecule has 2 aromatic heterocycles. The number of nitrogens with zero attached hydrogens (tertiary/aromatic N) is 1. The van der Waals surface area contributed by atoms with E-state index in [9.17, 15) is 0 Å². The number of furan rings is 1. The molecule has 0 atom stereocenters. The second-order valence-electron chi connectivity index (χ2n) is 9.17. The third-order valence-electron chi connectivity index (χ3n) is 7.06. The Hall–Kier alpha value is -4.77. The van der Waals surface area contributed by atoms with E-state index in [4.69, 9.17) is 18.6 Å². The van der Waals surface area contributed by atoms with Crippen LogP contribution in [0.2, 0.25) is 0 Å². The first-order chi connectivity index (χ1) is 17.8. The monoisotopic (exact) mass is 463 g/mol. The first-order valence-electron chi connectivity index (χ1n) is 12.0. The van der Waals surface area contributed by atoms with Crippen LogP contribution in [0.4, 0.5) is 0 Å². The van der Waals surface area contributed by atoms with Gasteiger partial charge in [0.2, 0.25) is 5.89 Å². The van der Waals surface area contributed by atoms with Crippen LogP contribution >= 0.6 is 0 Å². The molecule has 0 spiro atoms. The lowest BCUT2D eigenvalue weighted by molar-refractivity contribution is 0.487. The van der Waals surface area contributed by atoms with Crippen molar-refractivity contribution in [3.8, 4) is 23.0 Å². The van der Waals surface area contributed by atoms with Gasteiger partial charge in [-0.2, -0.15) is 0 Å². The van der Waals surface area contributed by atoms with E-state index < -0.39 is 0 Å². The summed E-state index contributed by atoms with van der Waals surface area (Å²) >= 11 is 0. The molecule has 5 heteroatoms. The standard InChI is InChI=1S/C31H18BNO3/c1-4-10-26-21(7-1)22-17-30-25(18-29(22)34-26)33-31(36-30)19-13-15-20(16-14-19)32-23-8-2-5-11-27(23)35-28-12-6-3-9-24(28)32/h1-18H. The number of rotatable bonds is 2. The van der Waals surface area contributed by atoms with Crippen molar-refractivity contribution in [2.75, 3.05) is 0 Å². The maximum atomic E-state index is 6.21. The van der Waals surface area contributed by atoms with E-state index in [-0.39, 0.29) is 6.71 Å². The molecule has 7 aromatic rings. The van der Waals surface area contributed by atoms with Crippen LogP contribution in [0.25, 0.3) is 44.5 Å². The van der Waals surface area contributed by atoms with E-state index in [1.54, 1.807) is 0 Å². The fraction of sp³-hybridized carbons (Fsp3) is 0. The van der Waals surface area contributed by atoms with Gasteiger partial charge >= 0.3 is 0 Å². The lowest BCUT2D eigenvalue weighted by atomic mass is 9.36. The van der Waals surface area contributed by atoms with Gasteiger partial charge in [-0.1, -0.05) is 84.3 Å². The third-order valence-corrected chi connectivity index (χ3v) is 7.06. The van der Waals surface area contributed by atoms with E-state index in [0.29, 0.717) is 5.89 Å². The van der Waals surface area contributed by atoms with Gasteiger partial charge in [0.25, 0.3) is 6.71 Å². The molecule has 3 heterocycles. The molecule has 0 bridgehead atoms. The number of benzene rings is 5. The Labute approximate surface area is 206 Å². The van der Waals surface area contributed by atoms with Gasteiger partial charge in [-0.3, -0.25) is 0 Å². The van der Waals surface area contributed by atoms with Gasteiger partial charge in [0.1, 0.15) is 28.2 Å². The second-order valence-corrected chi connectivity index (χ2v) is 9.17. The number of hydrogen-bond donors (Lipinski definition) is 0. The zero-order valence-corrected chi connectivity index (χ0v) is 19.1. The van der Waals surface area contributed by atoms with E-state index in [2.05, 4.69) is 54.6 Å². The molecule has 0 saturated carbocycles. The summed E-state index contributed by atoms with van der Waals surface area (Å²) < 4.78 is 18.4. The molecule has 0 saturated heterocycles. The van der Waals surface area contributed by atoms with Crippen LogP contribution < -0.4 is 21.1 Å². The van der Waals surface area contributed by atoms with E-state index in [0.717, 1.165) is 50.1 Å². The number of oxazole rings is 1. The van der Waals surface area contributed by atoms with Crippen LogP contribution in [-0.2, 0) is 0 Å². The molecule has 0 radical (unpaired) electrons. The van der Waals surface area contributed by atoms with Gasteiger partial charge in [-0.25, -0.2) is 4.98 Å². The minimum Gasteiger partial charge on any atom is -0.458 e. The van der Waals surface area contributed by atoms with Crippen LogP contribution in [0.1, 0.15) is 0 Å². The van der Waals surface area contributed by atoms with Gasteiger partial charge in [0, 0.05) is 22.4 Å². The van der Waals surface area contributed by atoms with Crippen molar-refractivity contribution >= 4 is 56.1 Å². The van der Waals surface area contributed by atoms with E-state index >= 15 is 0 Å². The highest BCUT2D eigenvalue weighted by Crippen LogP contribution is 2.33. The summed E-state index contributed by atoms with van der Waals surface area (Å²) in [6.45, 7) is 0.101. The predicted molar refractivity (Wildman–Crippen MR) is 144 cm³/mol. The normalized spacial score (nSPS) is 12.6. The molecular weight excluding hydrogens is 445 g/mol. The fourth-order valence-electron chi connectivity index (χ4n) is 5.36. The summed E-state index contributed by atoms with van der Waals surface area (Å²) in [4.78, 5) is 4.77. The number of para-hydroxylation sites is 3. The highest BCUT2D eigenvalue weighted by molar-refractivity contribution is 6.96. The van der Waals surface area contributed by atoms with Gasteiger partial charge in [0.05, 0.1) is 0 Å². The van der Waals surface area contributed by atoms with Crippen LogP contribution in [-0.4, -0.2) is 11.7 Å². The van der Waals surface area contributed by atoms with Gasteiger partial charge < -0.3 is 13.6 Å². The maximum Gasteiger partial charge on any atom is 0.250 e. The summed E-state index contributed by atoms with van der Waals surface area (Å²) in [7, 11) is 0. The quantitative estimate of drug-likeness (QED) is 0.295. The fourth-order valence-corrected chi connectivity index (χ4v) is 5.36. The first-order valence-corrected chi connectivity index (χ1v) is 12.0. The van der Waals surface area contributed by atoms with Crippen molar-refractivity contribution < 1.29 is 13.6 Å². The summed E-state index contributed by atoms with van der Waals surface area (Å²) in [5.74, 6) is 2.41. The molecule has 0 N–H and O–H groups in total. The molecule has 168 valence electrons. The van der Waals surface area contributed by atoms with Crippen LogP contribution in [0.5, 0.6) is 11.5 Å². The molecule has 0 aliphatic carbocycles. The minimum atomic E-state index is 0.101. The lowest BCUT2D eigenvalue weighted by Crippen LogP contribution is -2.54. The average Bonchev–Trinajstić information content (AvgIpc) is 3.51. The average molecular weight is 463 g/mol. The van der Waals surface area contributed by atoms with Crippen molar-refractivity contribution in [3.63, 3.8) is 0 Å². The molecule has 0 fully saturated rings. The van der Waals surface area contributed by atoms with Gasteiger partial charge in [-0.15, -0.1) is 0 Å². The Kier molecular flexibility index (Phi) is 4.00. The number of fused-ring (bicyclic) bond motifs is 6. The van der Waals surface area contributed by atoms with Crippen molar-refractivity contribution in [3.05, 3.63) is 109 Å². The molecule has 4 nitrogen and oxygen atoms in total. The smallest absolute Gasteiger partial charge is 0.250 e. The summed E-state index contributed by atoms with van der Waals surface area (Å²) in [5, 5.41) is 2.11. The zero-order chi connectivity index (χ0) is 23.6. The van der Waals surface area contributed by atoms with Crippen molar-refractivity contribution in [2.45, 2.75) is 0 Å². The second kappa shape index (κ2) is 7.36. The van der Waals surface area contributed by atoms with Crippen molar-refractivity contribution in [1.82, 2.24) is 4.98 Å². The Morgan fingerprint density at radius 1 is 0.556 bits per heavy atom.